The zero-order chi connectivity index (χ0) is 14.5. The van der Waals surface area contributed by atoms with E-state index in [2.05, 4.69) is 0 Å². The van der Waals surface area contributed by atoms with Crippen LogP contribution < -0.4 is 10.2 Å². The van der Waals surface area contributed by atoms with Gasteiger partial charge < -0.3 is 19.8 Å². The van der Waals surface area contributed by atoms with Gasteiger partial charge in [0, 0.05) is 0 Å². The standard InChI is InChI=1S/C16H12O4/c17-15(18)13-7-3-11(4-8-13)1-2-12-5-9-14(10-6-12)16(19)20/h1-10H,(H,17,18)(H,19,20)/p-2/b2-1+. The first kappa shape index (κ1) is 13.5. The maximum absolute atomic E-state index is 10.6. The van der Waals surface area contributed by atoms with Crippen molar-refractivity contribution in [3.8, 4) is 0 Å². The van der Waals surface area contributed by atoms with Crippen molar-refractivity contribution in [2.45, 2.75) is 0 Å². The highest BCUT2D eigenvalue weighted by Crippen LogP contribution is 2.10. The van der Waals surface area contributed by atoms with Gasteiger partial charge in [-0.2, -0.15) is 0 Å². The zero-order valence-corrected chi connectivity index (χ0v) is 10.4. The van der Waals surface area contributed by atoms with E-state index in [-0.39, 0.29) is 11.1 Å². The smallest absolute Gasteiger partial charge is 0.0715 e. The molecule has 2 aromatic carbocycles. The van der Waals surface area contributed by atoms with Crippen LogP contribution in [0.25, 0.3) is 12.2 Å². The molecule has 0 unspecified atom stereocenters. The second-order valence-electron chi connectivity index (χ2n) is 4.15. The van der Waals surface area contributed by atoms with Gasteiger partial charge in [0.1, 0.15) is 0 Å². The Kier molecular flexibility index (Phi) is 3.96. The summed E-state index contributed by atoms with van der Waals surface area (Å²) in [5.74, 6) is -2.42. The minimum atomic E-state index is -1.21. The summed E-state index contributed by atoms with van der Waals surface area (Å²) in [6, 6.07) is 12.5. The highest BCUT2D eigenvalue weighted by Gasteiger charge is 1.94. The second-order valence-corrected chi connectivity index (χ2v) is 4.15. The maximum atomic E-state index is 10.6. The average Bonchev–Trinajstić information content (AvgIpc) is 2.46. The van der Waals surface area contributed by atoms with Crippen LogP contribution in [-0.4, -0.2) is 11.9 Å². The average molecular weight is 266 g/mol. The van der Waals surface area contributed by atoms with E-state index < -0.39 is 11.9 Å². The molecule has 2 aromatic rings. The molecule has 0 aliphatic rings. The van der Waals surface area contributed by atoms with Crippen LogP contribution in [0.15, 0.2) is 48.5 Å². The van der Waals surface area contributed by atoms with Gasteiger partial charge in [-0.15, -0.1) is 0 Å². The molecular weight excluding hydrogens is 256 g/mol. The van der Waals surface area contributed by atoms with Gasteiger partial charge in [0.05, 0.1) is 11.9 Å². The molecule has 0 radical (unpaired) electrons. The third-order valence-electron chi connectivity index (χ3n) is 2.76. The number of aromatic carboxylic acids is 2. The molecule has 4 nitrogen and oxygen atoms in total. The molecule has 0 aromatic heterocycles. The fourth-order valence-electron chi connectivity index (χ4n) is 1.65. The van der Waals surface area contributed by atoms with E-state index >= 15 is 0 Å². The Morgan fingerprint density at radius 1 is 0.650 bits per heavy atom. The molecule has 0 saturated heterocycles. The van der Waals surface area contributed by atoms with Gasteiger partial charge >= 0.3 is 0 Å². The van der Waals surface area contributed by atoms with Crippen molar-refractivity contribution in [3.05, 3.63) is 70.8 Å². The molecule has 0 saturated carbocycles. The Bertz CT molecular complexity index is 592. The highest BCUT2D eigenvalue weighted by molar-refractivity contribution is 5.87. The van der Waals surface area contributed by atoms with Crippen LogP contribution in [0.4, 0.5) is 0 Å². The van der Waals surface area contributed by atoms with Gasteiger partial charge in [0.25, 0.3) is 0 Å². The van der Waals surface area contributed by atoms with Crippen LogP contribution >= 0.6 is 0 Å². The molecule has 0 heterocycles. The molecule has 0 aliphatic carbocycles. The lowest BCUT2D eigenvalue weighted by atomic mass is 10.1. The van der Waals surface area contributed by atoms with E-state index in [4.69, 9.17) is 0 Å². The van der Waals surface area contributed by atoms with Crippen LogP contribution in [0.2, 0.25) is 0 Å². The minimum Gasteiger partial charge on any atom is -0.545 e. The lowest BCUT2D eigenvalue weighted by Crippen LogP contribution is -2.21. The third-order valence-corrected chi connectivity index (χ3v) is 2.76. The van der Waals surface area contributed by atoms with Crippen molar-refractivity contribution < 1.29 is 19.8 Å². The Morgan fingerprint density at radius 2 is 0.950 bits per heavy atom. The predicted octanol–water partition coefficient (Wildman–Crippen LogP) is 0.584. The molecule has 2 rings (SSSR count). The Morgan fingerprint density at radius 3 is 1.20 bits per heavy atom. The zero-order valence-electron chi connectivity index (χ0n) is 10.4. The largest absolute Gasteiger partial charge is 0.545 e. The number of carbonyl (C=O) groups is 2. The van der Waals surface area contributed by atoms with Crippen LogP contribution in [0.1, 0.15) is 31.8 Å². The normalized spacial score (nSPS) is 10.6. The number of carboxylic acids is 2. The molecule has 0 spiro atoms. The van der Waals surface area contributed by atoms with Crippen molar-refractivity contribution >= 4 is 24.1 Å². The second kappa shape index (κ2) is 5.84. The Hall–Kier alpha value is -2.88. The van der Waals surface area contributed by atoms with Crippen molar-refractivity contribution in [3.63, 3.8) is 0 Å². The summed E-state index contributed by atoms with van der Waals surface area (Å²) in [5.41, 5.74) is 1.92. The first-order valence-electron chi connectivity index (χ1n) is 5.87. The topological polar surface area (TPSA) is 80.3 Å². The summed E-state index contributed by atoms with van der Waals surface area (Å²) in [6.07, 6.45) is 3.60. The lowest BCUT2D eigenvalue weighted by Gasteiger charge is -2.03. The summed E-state index contributed by atoms with van der Waals surface area (Å²) in [4.78, 5) is 21.2. The molecule has 0 amide bonds. The predicted molar refractivity (Wildman–Crippen MR) is 70.5 cm³/mol. The number of benzene rings is 2. The summed E-state index contributed by atoms with van der Waals surface area (Å²) in [5, 5.41) is 21.2. The van der Waals surface area contributed by atoms with Gasteiger partial charge in [-0.1, -0.05) is 60.7 Å². The van der Waals surface area contributed by atoms with E-state index in [0.717, 1.165) is 11.1 Å². The molecular formula is C16H10O4-2. The first-order valence-corrected chi connectivity index (χ1v) is 5.87. The van der Waals surface area contributed by atoms with E-state index in [0.29, 0.717) is 0 Å². The molecule has 20 heavy (non-hydrogen) atoms. The summed E-state index contributed by atoms with van der Waals surface area (Å²) >= 11 is 0. The molecule has 0 aliphatic heterocycles. The van der Waals surface area contributed by atoms with E-state index in [1.165, 1.54) is 24.3 Å². The summed E-state index contributed by atoms with van der Waals surface area (Å²) < 4.78 is 0. The molecule has 4 heteroatoms. The summed E-state index contributed by atoms with van der Waals surface area (Å²) in [7, 11) is 0. The van der Waals surface area contributed by atoms with E-state index in [1.54, 1.807) is 36.4 Å². The quantitative estimate of drug-likeness (QED) is 0.758. The first-order chi connectivity index (χ1) is 9.56. The van der Waals surface area contributed by atoms with Gasteiger partial charge in [0.2, 0.25) is 0 Å². The van der Waals surface area contributed by atoms with E-state index in [9.17, 15) is 19.8 Å². The minimum absolute atomic E-state index is 0.125. The molecule has 0 fully saturated rings. The molecule has 0 bridgehead atoms. The van der Waals surface area contributed by atoms with Crippen molar-refractivity contribution in [2.75, 3.05) is 0 Å². The Labute approximate surface area is 115 Å². The van der Waals surface area contributed by atoms with Gasteiger partial charge in [-0.05, 0) is 22.3 Å². The number of carboxylic acid groups (broad SMARTS) is 2. The lowest BCUT2D eigenvalue weighted by molar-refractivity contribution is -0.256. The Balaban J connectivity index is 2.12. The molecule has 0 N–H and O–H groups in total. The van der Waals surface area contributed by atoms with Gasteiger partial charge in [-0.3, -0.25) is 0 Å². The summed E-state index contributed by atoms with van der Waals surface area (Å²) in [6.45, 7) is 0. The number of rotatable bonds is 4. The number of hydrogen-bond acceptors (Lipinski definition) is 4. The molecule has 100 valence electrons. The highest BCUT2D eigenvalue weighted by atomic mass is 16.4. The van der Waals surface area contributed by atoms with Crippen LogP contribution in [0, 0.1) is 0 Å². The molecule has 0 atom stereocenters. The van der Waals surface area contributed by atoms with Gasteiger partial charge in [-0.25, -0.2) is 0 Å². The monoisotopic (exact) mass is 266 g/mol. The third kappa shape index (κ3) is 3.32. The van der Waals surface area contributed by atoms with Gasteiger partial charge in [0.15, 0.2) is 0 Å². The van der Waals surface area contributed by atoms with Crippen molar-refractivity contribution in [1.29, 1.82) is 0 Å². The van der Waals surface area contributed by atoms with Crippen LogP contribution in [-0.2, 0) is 0 Å². The fourth-order valence-corrected chi connectivity index (χ4v) is 1.65. The maximum Gasteiger partial charge on any atom is 0.0715 e. The number of hydrogen-bond donors (Lipinski definition) is 0. The van der Waals surface area contributed by atoms with Crippen LogP contribution in [0.5, 0.6) is 0 Å². The van der Waals surface area contributed by atoms with Crippen molar-refractivity contribution in [1.82, 2.24) is 0 Å². The SMILES string of the molecule is O=C([O-])c1ccc(/C=C/c2ccc(C(=O)[O-])cc2)cc1. The van der Waals surface area contributed by atoms with Crippen LogP contribution in [0.3, 0.4) is 0 Å². The van der Waals surface area contributed by atoms with Crippen molar-refractivity contribution in [2.24, 2.45) is 0 Å². The number of carbonyl (C=O) groups excluding carboxylic acids is 2. The fraction of sp³-hybridized carbons (Fsp3) is 0. The van der Waals surface area contributed by atoms with E-state index in [1.807, 2.05) is 0 Å².